The van der Waals surface area contributed by atoms with E-state index < -0.39 is 41.4 Å². The van der Waals surface area contributed by atoms with Gasteiger partial charge < -0.3 is 19.7 Å². The Labute approximate surface area is 146 Å². The normalized spacial score (nSPS) is 33.5. The molecule has 0 spiro atoms. The van der Waals surface area contributed by atoms with Gasteiger partial charge in [-0.25, -0.2) is 0 Å². The number of methoxy groups -OCH3 is 1. The molecule has 1 saturated carbocycles. The molecule has 6 nitrogen and oxygen atoms in total. The molecule has 2 aliphatic rings. The third-order valence-electron chi connectivity index (χ3n) is 5.55. The number of carbonyl (C=O) groups excluding carboxylic acids is 1. The van der Waals surface area contributed by atoms with Crippen molar-refractivity contribution in [3.05, 3.63) is 41.5 Å². The van der Waals surface area contributed by atoms with Gasteiger partial charge in [-0.2, -0.15) is 0 Å². The SMILES string of the molecule is COc1cccc(C2CC3C(O)C=C(C)C2(C(=O)O)C3OC(C)=O)c1. The van der Waals surface area contributed by atoms with Crippen molar-refractivity contribution in [1.82, 2.24) is 0 Å². The number of fused-ring (bicyclic) bond motifs is 2. The van der Waals surface area contributed by atoms with Crippen LogP contribution in [-0.2, 0) is 14.3 Å². The highest BCUT2D eigenvalue weighted by atomic mass is 16.5. The molecule has 2 N–H and O–H groups in total. The van der Waals surface area contributed by atoms with Gasteiger partial charge in [-0.1, -0.05) is 23.8 Å². The van der Waals surface area contributed by atoms with Crippen LogP contribution in [0, 0.1) is 11.3 Å². The predicted octanol–water partition coefficient (Wildman–Crippen LogP) is 2.12. The monoisotopic (exact) mass is 346 g/mol. The molecule has 1 aromatic carbocycles. The number of carboxylic acids is 1. The zero-order valence-electron chi connectivity index (χ0n) is 14.4. The highest BCUT2D eigenvalue weighted by Crippen LogP contribution is 2.61. The van der Waals surface area contributed by atoms with Gasteiger partial charge in [0, 0.05) is 18.8 Å². The summed E-state index contributed by atoms with van der Waals surface area (Å²) < 4.78 is 10.7. The van der Waals surface area contributed by atoms with E-state index in [1.54, 1.807) is 32.2 Å². The fourth-order valence-electron chi connectivity index (χ4n) is 4.51. The maximum atomic E-state index is 12.4. The largest absolute Gasteiger partial charge is 0.497 e. The lowest BCUT2D eigenvalue weighted by molar-refractivity contribution is -0.168. The first-order valence-corrected chi connectivity index (χ1v) is 8.23. The highest BCUT2D eigenvalue weighted by Gasteiger charge is 2.66. The van der Waals surface area contributed by atoms with Crippen molar-refractivity contribution in [2.24, 2.45) is 11.3 Å². The molecule has 2 aliphatic carbocycles. The summed E-state index contributed by atoms with van der Waals surface area (Å²) in [5.74, 6) is -1.85. The van der Waals surface area contributed by atoms with Crippen LogP contribution in [0.2, 0.25) is 0 Å². The Bertz CT molecular complexity index is 739. The minimum absolute atomic E-state index is 0.409. The van der Waals surface area contributed by atoms with Crippen LogP contribution < -0.4 is 4.74 Å². The number of hydrogen-bond acceptors (Lipinski definition) is 5. The van der Waals surface area contributed by atoms with E-state index >= 15 is 0 Å². The minimum atomic E-state index is -1.39. The number of aliphatic hydroxyl groups excluding tert-OH is 1. The molecule has 0 heterocycles. The summed E-state index contributed by atoms with van der Waals surface area (Å²) >= 11 is 0. The molecule has 0 aliphatic heterocycles. The molecule has 0 saturated heterocycles. The van der Waals surface area contributed by atoms with Gasteiger partial charge in [0.05, 0.1) is 13.2 Å². The van der Waals surface area contributed by atoms with Crippen LogP contribution in [0.4, 0.5) is 0 Å². The maximum absolute atomic E-state index is 12.4. The molecule has 25 heavy (non-hydrogen) atoms. The number of hydrogen-bond donors (Lipinski definition) is 2. The van der Waals surface area contributed by atoms with Gasteiger partial charge in [-0.05, 0) is 31.0 Å². The fourth-order valence-corrected chi connectivity index (χ4v) is 4.51. The Morgan fingerprint density at radius 2 is 2.04 bits per heavy atom. The van der Waals surface area contributed by atoms with E-state index in [2.05, 4.69) is 0 Å². The first-order chi connectivity index (χ1) is 11.8. The van der Waals surface area contributed by atoms with Crippen molar-refractivity contribution in [3.8, 4) is 5.75 Å². The molecule has 3 rings (SSSR count). The van der Waals surface area contributed by atoms with Crippen molar-refractivity contribution in [2.75, 3.05) is 7.11 Å². The second-order valence-corrected chi connectivity index (χ2v) is 6.77. The molecule has 1 fully saturated rings. The number of carbonyl (C=O) groups is 2. The Kier molecular flexibility index (Phi) is 4.33. The van der Waals surface area contributed by atoms with Crippen molar-refractivity contribution in [2.45, 2.75) is 38.4 Å². The van der Waals surface area contributed by atoms with E-state index in [0.29, 0.717) is 17.7 Å². The van der Waals surface area contributed by atoms with Gasteiger partial charge in [-0.15, -0.1) is 0 Å². The van der Waals surface area contributed by atoms with Crippen molar-refractivity contribution in [1.29, 1.82) is 0 Å². The standard InChI is InChI=1S/C19H22O6/c1-10-7-16(21)14-9-15(12-5-4-6-13(8-12)24-3)19(10,18(22)23)17(14)25-11(2)20/h4-8,14-17,21H,9H2,1-3H3,(H,22,23). The summed E-state index contributed by atoms with van der Waals surface area (Å²) in [4.78, 5) is 24.1. The zero-order valence-corrected chi connectivity index (χ0v) is 14.4. The molecule has 1 aromatic rings. The first kappa shape index (κ1) is 17.5. The summed E-state index contributed by atoms with van der Waals surface area (Å²) in [5.41, 5.74) is -0.0781. The van der Waals surface area contributed by atoms with Gasteiger partial charge in [-0.3, -0.25) is 9.59 Å². The predicted molar refractivity (Wildman–Crippen MR) is 89.2 cm³/mol. The van der Waals surface area contributed by atoms with Crippen molar-refractivity contribution >= 4 is 11.9 Å². The van der Waals surface area contributed by atoms with E-state index in [0.717, 1.165) is 5.56 Å². The average Bonchev–Trinajstić information content (AvgIpc) is 2.83. The van der Waals surface area contributed by atoms with Crippen LogP contribution in [0.3, 0.4) is 0 Å². The summed E-state index contributed by atoms with van der Waals surface area (Å²) in [7, 11) is 1.55. The molecule has 134 valence electrons. The molecule has 5 atom stereocenters. The number of aliphatic carboxylic acids is 1. The molecule has 0 radical (unpaired) electrons. The molecular weight excluding hydrogens is 324 g/mol. The van der Waals surface area contributed by atoms with Crippen LogP contribution in [0.1, 0.15) is 31.7 Å². The van der Waals surface area contributed by atoms with E-state index in [9.17, 15) is 19.8 Å². The van der Waals surface area contributed by atoms with Crippen molar-refractivity contribution in [3.63, 3.8) is 0 Å². The van der Waals surface area contributed by atoms with Gasteiger partial charge >= 0.3 is 11.9 Å². The number of aliphatic hydroxyl groups is 1. The third kappa shape index (κ3) is 2.52. The molecule has 0 amide bonds. The maximum Gasteiger partial charge on any atom is 0.318 e. The van der Waals surface area contributed by atoms with Gasteiger partial charge in [0.1, 0.15) is 17.3 Å². The highest BCUT2D eigenvalue weighted by molar-refractivity contribution is 5.83. The Hall–Kier alpha value is -2.34. The molecule has 2 bridgehead atoms. The lowest BCUT2D eigenvalue weighted by Crippen LogP contribution is -2.51. The number of esters is 1. The lowest BCUT2D eigenvalue weighted by Gasteiger charge is -2.41. The van der Waals surface area contributed by atoms with E-state index in [4.69, 9.17) is 9.47 Å². The number of rotatable bonds is 4. The second-order valence-electron chi connectivity index (χ2n) is 6.77. The van der Waals surface area contributed by atoms with E-state index in [1.807, 2.05) is 12.1 Å². The van der Waals surface area contributed by atoms with Crippen LogP contribution in [0.5, 0.6) is 5.75 Å². The van der Waals surface area contributed by atoms with Gasteiger partial charge in [0.25, 0.3) is 0 Å². The Morgan fingerprint density at radius 3 is 2.64 bits per heavy atom. The Balaban J connectivity index is 2.18. The molecule has 0 aromatic heterocycles. The van der Waals surface area contributed by atoms with E-state index in [1.165, 1.54) is 6.92 Å². The summed E-state index contributed by atoms with van der Waals surface area (Å²) in [6.07, 6.45) is 0.247. The number of ether oxygens (including phenoxy) is 2. The molecule has 5 unspecified atom stereocenters. The third-order valence-corrected chi connectivity index (χ3v) is 5.55. The second kappa shape index (κ2) is 6.19. The van der Waals surface area contributed by atoms with Gasteiger partial charge in [0.15, 0.2) is 0 Å². The zero-order chi connectivity index (χ0) is 18.4. The average molecular weight is 346 g/mol. The lowest BCUT2D eigenvalue weighted by atomic mass is 9.66. The summed E-state index contributed by atoms with van der Waals surface area (Å²) in [6, 6.07) is 7.25. The molecule has 6 heteroatoms. The fraction of sp³-hybridized carbons (Fsp3) is 0.474. The quantitative estimate of drug-likeness (QED) is 0.641. The summed E-state index contributed by atoms with van der Waals surface area (Å²) in [6.45, 7) is 2.94. The van der Waals surface area contributed by atoms with Crippen LogP contribution in [0.25, 0.3) is 0 Å². The number of benzene rings is 1. The smallest absolute Gasteiger partial charge is 0.318 e. The topological polar surface area (TPSA) is 93.1 Å². The first-order valence-electron chi connectivity index (χ1n) is 8.23. The van der Waals surface area contributed by atoms with Crippen LogP contribution >= 0.6 is 0 Å². The van der Waals surface area contributed by atoms with Crippen LogP contribution in [-0.4, -0.2) is 41.5 Å². The Morgan fingerprint density at radius 1 is 1.32 bits per heavy atom. The minimum Gasteiger partial charge on any atom is -0.497 e. The number of carboxylic acid groups (broad SMARTS) is 1. The summed E-state index contributed by atoms with van der Waals surface area (Å²) in [5, 5.41) is 20.6. The van der Waals surface area contributed by atoms with Gasteiger partial charge in [0.2, 0.25) is 0 Å². The van der Waals surface area contributed by atoms with Crippen LogP contribution in [0.15, 0.2) is 35.9 Å². The van der Waals surface area contributed by atoms with E-state index in [-0.39, 0.29) is 0 Å². The van der Waals surface area contributed by atoms with Crippen molar-refractivity contribution < 1.29 is 29.3 Å². The molecular formula is C19H22O6.